The van der Waals surface area contributed by atoms with Crippen LogP contribution in [0.15, 0.2) is 42.5 Å². The minimum Gasteiger partial charge on any atom is -0.493 e. The number of methoxy groups -OCH3 is 2. The lowest BCUT2D eigenvalue weighted by Gasteiger charge is -2.20. The van der Waals surface area contributed by atoms with Crippen molar-refractivity contribution >= 4 is 29.5 Å². The van der Waals surface area contributed by atoms with Crippen LogP contribution in [0.3, 0.4) is 0 Å². The van der Waals surface area contributed by atoms with Crippen LogP contribution in [0.1, 0.15) is 26.3 Å². The first-order chi connectivity index (χ1) is 14.1. The van der Waals surface area contributed by atoms with E-state index in [4.69, 9.17) is 14.2 Å². The van der Waals surface area contributed by atoms with Crippen LogP contribution in [-0.4, -0.2) is 31.8 Å². The summed E-state index contributed by atoms with van der Waals surface area (Å²) in [4.78, 5) is 24.3. The van der Waals surface area contributed by atoms with Gasteiger partial charge in [0.1, 0.15) is 11.4 Å². The Bertz CT molecular complexity index is 951. The molecule has 2 aromatic rings. The number of anilines is 2. The van der Waals surface area contributed by atoms with Crippen LogP contribution < -0.4 is 20.1 Å². The van der Waals surface area contributed by atoms with E-state index in [-0.39, 0.29) is 11.4 Å². The molecule has 160 valence electrons. The zero-order valence-electron chi connectivity index (χ0n) is 17.5. The molecule has 0 heterocycles. The van der Waals surface area contributed by atoms with Crippen LogP contribution >= 0.6 is 0 Å². The average Bonchev–Trinajstić information content (AvgIpc) is 2.66. The van der Waals surface area contributed by atoms with Crippen LogP contribution in [0.5, 0.6) is 11.5 Å². The SMILES string of the molecule is COc1ccc(/C=C/C(=O)Nc2cc(F)ccc2NC(=O)OC(C)(C)C)cc1OC. The van der Waals surface area contributed by atoms with Gasteiger partial charge in [0.2, 0.25) is 5.91 Å². The summed E-state index contributed by atoms with van der Waals surface area (Å²) in [5, 5.41) is 5.05. The highest BCUT2D eigenvalue weighted by atomic mass is 19.1. The zero-order chi connectivity index (χ0) is 22.3. The quantitative estimate of drug-likeness (QED) is 0.658. The van der Waals surface area contributed by atoms with E-state index >= 15 is 0 Å². The van der Waals surface area contributed by atoms with Crippen molar-refractivity contribution in [3.63, 3.8) is 0 Å². The molecule has 0 saturated carbocycles. The Morgan fingerprint density at radius 3 is 2.27 bits per heavy atom. The summed E-state index contributed by atoms with van der Waals surface area (Å²) in [6.07, 6.45) is 2.13. The van der Waals surface area contributed by atoms with Gasteiger partial charge in [0.25, 0.3) is 0 Å². The van der Waals surface area contributed by atoms with Gasteiger partial charge >= 0.3 is 6.09 Å². The topological polar surface area (TPSA) is 85.9 Å². The molecule has 30 heavy (non-hydrogen) atoms. The molecule has 7 nitrogen and oxygen atoms in total. The van der Waals surface area contributed by atoms with E-state index < -0.39 is 23.4 Å². The number of carbonyl (C=O) groups is 2. The lowest BCUT2D eigenvalue weighted by Crippen LogP contribution is -2.27. The molecule has 0 unspecified atom stereocenters. The molecule has 0 aliphatic rings. The second kappa shape index (κ2) is 9.78. The predicted octanol–water partition coefficient (Wildman–Crippen LogP) is 4.84. The van der Waals surface area contributed by atoms with Crippen molar-refractivity contribution < 1.29 is 28.2 Å². The number of rotatable bonds is 6. The number of ether oxygens (including phenoxy) is 3. The second-order valence-corrected chi connectivity index (χ2v) is 7.25. The van der Waals surface area contributed by atoms with Crippen LogP contribution in [0.4, 0.5) is 20.6 Å². The molecule has 2 aromatic carbocycles. The monoisotopic (exact) mass is 416 g/mol. The molecule has 0 saturated heterocycles. The van der Waals surface area contributed by atoms with E-state index in [9.17, 15) is 14.0 Å². The third-order valence-electron chi connectivity index (χ3n) is 3.71. The maximum atomic E-state index is 13.7. The Kier molecular flexibility index (Phi) is 7.41. The van der Waals surface area contributed by atoms with Crippen LogP contribution in [-0.2, 0) is 9.53 Å². The molecule has 0 spiro atoms. The van der Waals surface area contributed by atoms with Gasteiger partial charge in [0, 0.05) is 6.08 Å². The molecular weight excluding hydrogens is 391 g/mol. The molecule has 0 fully saturated rings. The Balaban J connectivity index is 2.13. The Hall–Kier alpha value is -3.55. The maximum absolute atomic E-state index is 13.7. The highest BCUT2D eigenvalue weighted by Gasteiger charge is 2.18. The molecule has 2 N–H and O–H groups in total. The Labute approximate surface area is 174 Å². The van der Waals surface area contributed by atoms with Gasteiger partial charge in [0.15, 0.2) is 11.5 Å². The number of nitrogens with one attached hydrogen (secondary N) is 2. The summed E-state index contributed by atoms with van der Waals surface area (Å²) in [5.41, 5.74) is 0.311. The summed E-state index contributed by atoms with van der Waals surface area (Å²) in [6.45, 7) is 5.16. The van der Waals surface area contributed by atoms with E-state index in [0.717, 1.165) is 6.07 Å². The molecule has 0 aromatic heterocycles. The number of halogens is 1. The van der Waals surface area contributed by atoms with Crippen LogP contribution in [0.25, 0.3) is 6.08 Å². The number of carbonyl (C=O) groups excluding carboxylic acids is 2. The Morgan fingerprint density at radius 2 is 1.63 bits per heavy atom. The van der Waals surface area contributed by atoms with Gasteiger partial charge in [-0.1, -0.05) is 6.07 Å². The molecule has 0 aliphatic carbocycles. The predicted molar refractivity (Wildman–Crippen MR) is 113 cm³/mol. The second-order valence-electron chi connectivity index (χ2n) is 7.25. The number of hydrogen-bond donors (Lipinski definition) is 2. The number of hydrogen-bond acceptors (Lipinski definition) is 5. The molecule has 2 amide bonds. The maximum Gasteiger partial charge on any atom is 0.412 e. The summed E-state index contributed by atoms with van der Waals surface area (Å²) in [7, 11) is 3.05. The van der Waals surface area contributed by atoms with Crippen molar-refractivity contribution in [2.45, 2.75) is 26.4 Å². The molecule has 0 atom stereocenters. The first-order valence-electron chi connectivity index (χ1n) is 9.12. The Morgan fingerprint density at radius 1 is 0.933 bits per heavy atom. The van der Waals surface area contributed by atoms with Crippen molar-refractivity contribution in [1.82, 2.24) is 0 Å². The van der Waals surface area contributed by atoms with Crippen molar-refractivity contribution in [3.8, 4) is 11.5 Å². The fourth-order valence-electron chi connectivity index (χ4n) is 2.45. The lowest BCUT2D eigenvalue weighted by molar-refractivity contribution is -0.111. The first kappa shape index (κ1) is 22.7. The van der Waals surface area contributed by atoms with E-state index in [0.29, 0.717) is 17.1 Å². The fourth-order valence-corrected chi connectivity index (χ4v) is 2.45. The third kappa shape index (κ3) is 6.80. The van der Waals surface area contributed by atoms with E-state index in [1.54, 1.807) is 45.0 Å². The van der Waals surface area contributed by atoms with Crippen LogP contribution in [0.2, 0.25) is 0 Å². The normalized spacial score (nSPS) is 11.1. The van der Waals surface area contributed by atoms with Crippen molar-refractivity contribution in [1.29, 1.82) is 0 Å². The minimum atomic E-state index is -0.717. The highest BCUT2D eigenvalue weighted by Crippen LogP contribution is 2.28. The average molecular weight is 416 g/mol. The van der Waals surface area contributed by atoms with Gasteiger partial charge in [-0.15, -0.1) is 0 Å². The minimum absolute atomic E-state index is 0.0998. The highest BCUT2D eigenvalue weighted by molar-refractivity contribution is 6.05. The number of amides is 2. The van der Waals surface area contributed by atoms with Gasteiger partial charge in [0.05, 0.1) is 25.6 Å². The van der Waals surface area contributed by atoms with E-state index in [1.165, 1.54) is 32.4 Å². The lowest BCUT2D eigenvalue weighted by atomic mass is 10.2. The first-order valence-corrected chi connectivity index (χ1v) is 9.12. The smallest absolute Gasteiger partial charge is 0.412 e. The summed E-state index contributed by atoms with van der Waals surface area (Å²) < 4.78 is 29.3. The van der Waals surface area contributed by atoms with Gasteiger partial charge in [-0.2, -0.15) is 0 Å². The standard InChI is InChI=1S/C22H25FN2O5/c1-22(2,3)30-21(27)25-16-9-8-15(23)13-17(16)24-20(26)11-7-14-6-10-18(28-4)19(12-14)29-5/h6-13H,1-5H3,(H,24,26)(H,25,27)/b11-7+. The summed E-state index contributed by atoms with van der Waals surface area (Å²) >= 11 is 0. The number of benzene rings is 2. The molecule has 0 radical (unpaired) electrons. The van der Waals surface area contributed by atoms with E-state index in [2.05, 4.69) is 10.6 Å². The largest absolute Gasteiger partial charge is 0.493 e. The molecular formula is C22H25FN2O5. The van der Waals surface area contributed by atoms with E-state index in [1.807, 2.05) is 0 Å². The fraction of sp³-hybridized carbons (Fsp3) is 0.273. The summed E-state index contributed by atoms with van der Waals surface area (Å²) in [6, 6.07) is 8.79. The molecule has 0 bridgehead atoms. The van der Waals surface area contributed by atoms with Gasteiger partial charge in [-0.3, -0.25) is 10.1 Å². The summed E-state index contributed by atoms with van der Waals surface area (Å²) in [5.74, 6) is 0.0114. The zero-order valence-corrected chi connectivity index (χ0v) is 17.5. The van der Waals surface area contributed by atoms with Gasteiger partial charge < -0.3 is 19.5 Å². The van der Waals surface area contributed by atoms with Crippen molar-refractivity contribution in [2.24, 2.45) is 0 Å². The molecule has 0 aliphatic heterocycles. The van der Waals surface area contributed by atoms with Crippen LogP contribution in [0, 0.1) is 5.82 Å². The van der Waals surface area contributed by atoms with Gasteiger partial charge in [-0.25, -0.2) is 9.18 Å². The van der Waals surface area contributed by atoms with Crippen molar-refractivity contribution in [3.05, 3.63) is 53.9 Å². The van der Waals surface area contributed by atoms with Crippen molar-refractivity contribution in [2.75, 3.05) is 24.9 Å². The van der Waals surface area contributed by atoms with Gasteiger partial charge in [-0.05, 0) is 62.7 Å². The molecule has 2 rings (SSSR count). The molecule has 8 heteroatoms. The third-order valence-corrected chi connectivity index (χ3v) is 3.71.